The van der Waals surface area contributed by atoms with Crippen molar-refractivity contribution in [3.8, 4) is 17.4 Å². The quantitative estimate of drug-likeness (QED) is 0.481. The number of methoxy groups -OCH3 is 1. The predicted molar refractivity (Wildman–Crippen MR) is 128 cm³/mol. The summed E-state index contributed by atoms with van der Waals surface area (Å²) in [6.45, 7) is 4.19. The van der Waals surface area contributed by atoms with Crippen molar-refractivity contribution in [1.82, 2.24) is 15.0 Å². The number of amides is 1. The highest BCUT2D eigenvalue weighted by molar-refractivity contribution is 7.89. The molecule has 3 aromatic rings. The Balaban J connectivity index is 1.41. The Kier molecular flexibility index (Phi) is 6.85. The second kappa shape index (κ2) is 9.82. The molecule has 178 valence electrons. The second-order valence-corrected chi connectivity index (χ2v) is 10.0. The average Bonchev–Trinajstić information content (AvgIpc) is 3.63. The number of hydrogen-bond donors (Lipinski definition) is 2. The first-order valence-electron chi connectivity index (χ1n) is 10.9. The van der Waals surface area contributed by atoms with Gasteiger partial charge in [0, 0.05) is 30.4 Å². The minimum atomic E-state index is -3.78. The molecule has 1 aliphatic rings. The summed E-state index contributed by atoms with van der Waals surface area (Å²) in [6, 6.07) is 13.8. The van der Waals surface area contributed by atoms with E-state index in [1.807, 2.05) is 38.1 Å². The summed E-state index contributed by atoms with van der Waals surface area (Å²) in [6.07, 6.45) is 3.25. The van der Waals surface area contributed by atoms with Gasteiger partial charge in [-0.1, -0.05) is 18.2 Å². The van der Waals surface area contributed by atoms with Gasteiger partial charge >= 0.3 is 0 Å². The summed E-state index contributed by atoms with van der Waals surface area (Å²) >= 11 is 0. The van der Waals surface area contributed by atoms with Crippen molar-refractivity contribution in [1.29, 1.82) is 0 Å². The van der Waals surface area contributed by atoms with Gasteiger partial charge in [0.25, 0.3) is 5.91 Å². The van der Waals surface area contributed by atoms with Crippen LogP contribution in [0.5, 0.6) is 17.4 Å². The molecule has 1 amide bonds. The highest BCUT2D eigenvalue weighted by Crippen LogP contribution is 2.28. The predicted octanol–water partition coefficient (Wildman–Crippen LogP) is 3.87. The molecule has 1 aromatic heterocycles. The Bertz CT molecular complexity index is 1300. The van der Waals surface area contributed by atoms with Crippen LogP contribution in [0.3, 0.4) is 0 Å². The van der Waals surface area contributed by atoms with Crippen LogP contribution in [0.2, 0.25) is 0 Å². The van der Waals surface area contributed by atoms with E-state index in [9.17, 15) is 13.2 Å². The Morgan fingerprint density at radius 3 is 2.53 bits per heavy atom. The molecule has 0 bridgehead atoms. The van der Waals surface area contributed by atoms with E-state index in [0.717, 1.165) is 35.3 Å². The fourth-order valence-corrected chi connectivity index (χ4v) is 4.80. The van der Waals surface area contributed by atoms with Gasteiger partial charge in [-0.2, -0.15) is 0 Å². The van der Waals surface area contributed by atoms with Crippen LogP contribution >= 0.6 is 0 Å². The van der Waals surface area contributed by atoms with Gasteiger partial charge in [0.05, 0.1) is 7.11 Å². The summed E-state index contributed by atoms with van der Waals surface area (Å²) in [5, 5.41) is 2.79. The molecule has 2 N–H and O–H groups in total. The lowest BCUT2D eigenvalue weighted by molar-refractivity contribution is 0.0950. The fourth-order valence-electron chi connectivity index (χ4n) is 3.30. The van der Waals surface area contributed by atoms with Gasteiger partial charge in [-0.3, -0.25) is 4.79 Å². The molecule has 9 heteroatoms. The molecule has 4 rings (SSSR count). The number of pyridine rings is 1. The third-order valence-corrected chi connectivity index (χ3v) is 6.97. The van der Waals surface area contributed by atoms with Crippen molar-refractivity contribution in [2.45, 2.75) is 44.2 Å². The number of benzene rings is 2. The number of nitrogens with one attached hydrogen (secondary N) is 2. The molecule has 0 aliphatic heterocycles. The van der Waals surface area contributed by atoms with Gasteiger partial charge in [0.15, 0.2) is 0 Å². The lowest BCUT2D eigenvalue weighted by Crippen LogP contribution is -2.27. The largest absolute Gasteiger partial charge is 0.495 e. The first-order chi connectivity index (χ1) is 16.2. The highest BCUT2D eigenvalue weighted by Gasteiger charge is 2.30. The van der Waals surface area contributed by atoms with Gasteiger partial charge in [-0.25, -0.2) is 18.1 Å². The van der Waals surface area contributed by atoms with E-state index in [1.54, 1.807) is 12.3 Å². The number of sulfonamides is 1. The van der Waals surface area contributed by atoms with Crippen molar-refractivity contribution >= 4 is 15.9 Å². The van der Waals surface area contributed by atoms with Crippen molar-refractivity contribution in [2.75, 3.05) is 7.11 Å². The van der Waals surface area contributed by atoms with Gasteiger partial charge in [-0.05, 0) is 67.6 Å². The lowest BCUT2D eigenvalue weighted by Gasteiger charge is -2.12. The number of nitrogens with zero attached hydrogens (tertiary/aromatic N) is 1. The zero-order valence-corrected chi connectivity index (χ0v) is 20.1. The maximum atomic E-state index is 12.7. The third-order valence-electron chi connectivity index (χ3n) is 5.42. The molecule has 0 unspecified atom stereocenters. The maximum absolute atomic E-state index is 12.7. The molecular formula is C25H27N3O5S. The molecule has 1 fully saturated rings. The smallest absolute Gasteiger partial charge is 0.251 e. The molecule has 8 nitrogen and oxygen atoms in total. The third kappa shape index (κ3) is 5.73. The Hall–Kier alpha value is -3.43. The second-order valence-electron chi connectivity index (χ2n) is 8.32. The van der Waals surface area contributed by atoms with E-state index in [4.69, 9.17) is 9.47 Å². The minimum Gasteiger partial charge on any atom is -0.495 e. The maximum Gasteiger partial charge on any atom is 0.251 e. The highest BCUT2D eigenvalue weighted by atomic mass is 32.2. The van der Waals surface area contributed by atoms with Crippen molar-refractivity contribution in [2.24, 2.45) is 0 Å². The number of aryl methyl sites for hydroxylation is 2. The van der Waals surface area contributed by atoms with Crippen LogP contribution in [0.25, 0.3) is 0 Å². The molecule has 1 aliphatic carbocycles. The van der Waals surface area contributed by atoms with Crippen molar-refractivity contribution in [3.63, 3.8) is 0 Å². The minimum absolute atomic E-state index is 0.0517. The van der Waals surface area contributed by atoms with Crippen LogP contribution in [-0.2, 0) is 16.6 Å². The first kappa shape index (κ1) is 23.7. The lowest BCUT2D eigenvalue weighted by atomic mass is 10.1. The van der Waals surface area contributed by atoms with E-state index in [-0.39, 0.29) is 28.8 Å². The molecular weight excluding hydrogens is 454 g/mol. The SMILES string of the molecule is COc1ccc(C(=O)NCc2ccc(Oc3cc(C)ccc3C)nc2)cc1S(=O)(=O)NC1CC1. The van der Waals surface area contributed by atoms with E-state index in [2.05, 4.69) is 15.0 Å². The van der Waals surface area contributed by atoms with E-state index < -0.39 is 15.9 Å². The summed E-state index contributed by atoms with van der Waals surface area (Å²) in [7, 11) is -2.38. The number of carbonyl (C=O) groups excluding carboxylic acids is 1. The van der Waals surface area contributed by atoms with Crippen LogP contribution in [0.4, 0.5) is 0 Å². The number of aromatic nitrogens is 1. The molecule has 1 saturated carbocycles. The van der Waals surface area contributed by atoms with Crippen LogP contribution < -0.4 is 19.5 Å². The summed E-state index contributed by atoms with van der Waals surface area (Å²) in [5.41, 5.74) is 3.10. The number of carbonyl (C=O) groups is 1. The number of rotatable bonds is 9. The van der Waals surface area contributed by atoms with Gasteiger partial charge < -0.3 is 14.8 Å². The zero-order chi connectivity index (χ0) is 24.3. The van der Waals surface area contributed by atoms with Crippen LogP contribution in [0, 0.1) is 13.8 Å². The number of hydrogen-bond acceptors (Lipinski definition) is 6. The number of ether oxygens (including phenoxy) is 2. The van der Waals surface area contributed by atoms with Gasteiger partial charge in [-0.15, -0.1) is 0 Å². The molecule has 1 heterocycles. The Morgan fingerprint density at radius 1 is 1.06 bits per heavy atom. The van der Waals surface area contributed by atoms with Gasteiger partial charge in [0.1, 0.15) is 16.4 Å². The van der Waals surface area contributed by atoms with Crippen LogP contribution in [0.15, 0.2) is 59.6 Å². The summed E-state index contributed by atoms with van der Waals surface area (Å²) < 4.78 is 39.0. The first-order valence-corrected chi connectivity index (χ1v) is 12.4. The van der Waals surface area contributed by atoms with E-state index in [0.29, 0.717) is 5.88 Å². The Labute approximate surface area is 199 Å². The zero-order valence-electron chi connectivity index (χ0n) is 19.3. The van der Waals surface area contributed by atoms with Crippen LogP contribution in [0.1, 0.15) is 39.9 Å². The molecule has 2 aromatic carbocycles. The summed E-state index contributed by atoms with van der Waals surface area (Å²) in [5.74, 6) is 0.988. The monoisotopic (exact) mass is 481 g/mol. The van der Waals surface area contributed by atoms with E-state index >= 15 is 0 Å². The molecule has 0 saturated heterocycles. The normalized spacial score (nSPS) is 13.4. The van der Waals surface area contributed by atoms with Crippen LogP contribution in [-0.4, -0.2) is 32.5 Å². The van der Waals surface area contributed by atoms with Crippen molar-refractivity contribution < 1.29 is 22.7 Å². The molecule has 34 heavy (non-hydrogen) atoms. The molecule has 0 radical (unpaired) electrons. The molecule has 0 spiro atoms. The standard InChI is InChI=1S/C25H27N3O5S/c1-16-4-5-17(2)22(12-16)33-24-11-6-18(14-26-24)15-27-25(29)19-7-10-21(32-3)23(13-19)34(30,31)28-20-8-9-20/h4-7,10-14,20,28H,8-9,15H2,1-3H3,(H,27,29). The fraction of sp³-hybridized carbons (Fsp3) is 0.280. The average molecular weight is 482 g/mol. The van der Waals surface area contributed by atoms with Crippen molar-refractivity contribution in [3.05, 3.63) is 77.0 Å². The van der Waals surface area contributed by atoms with Gasteiger partial charge in [0.2, 0.25) is 15.9 Å². The molecule has 0 atom stereocenters. The Morgan fingerprint density at radius 2 is 1.85 bits per heavy atom. The van der Waals surface area contributed by atoms with E-state index in [1.165, 1.54) is 25.3 Å². The summed E-state index contributed by atoms with van der Waals surface area (Å²) in [4.78, 5) is 17.0. The topological polar surface area (TPSA) is 107 Å².